The summed E-state index contributed by atoms with van der Waals surface area (Å²) in [4.78, 5) is 12.1. The molecule has 14 heavy (non-hydrogen) atoms. The lowest BCUT2D eigenvalue weighted by Crippen LogP contribution is -2.33. The van der Waals surface area contributed by atoms with Crippen LogP contribution < -0.4 is 0 Å². The molecule has 0 N–H and O–H groups in total. The molecule has 0 aromatic carbocycles. The van der Waals surface area contributed by atoms with Crippen LogP contribution in [0.25, 0.3) is 0 Å². The number of carbonyl (C=O) groups excluding carboxylic acids is 1. The molecule has 2 atom stereocenters. The van der Waals surface area contributed by atoms with Gasteiger partial charge in [0.25, 0.3) is 0 Å². The first-order valence-corrected chi connectivity index (χ1v) is 5.91. The van der Waals surface area contributed by atoms with Crippen molar-refractivity contribution in [2.45, 2.75) is 33.6 Å². The summed E-state index contributed by atoms with van der Waals surface area (Å²) in [6.07, 6.45) is 1.66. The Morgan fingerprint density at radius 1 is 1.29 bits per heavy atom. The monoisotopic (exact) mass is 214 g/mol. The number of hydrogen-bond acceptors (Lipinski definition) is 3. The van der Waals surface area contributed by atoms with Crippen molar-refractivity contribution in [3.63, 3.8) is 0 Å². The van der Waals surface area contributed by atoms with Crippen LogP contribution in [0.1, 0.15) is 33.6 Å². The molecule has 3 nitrogen and oxygen atoms in total. The zero-order chi connectivity index (χ0) is 10.7. The maximum atomic E-state index is 11.9. The van der Waals surface area contributed by atoms with Crippen LogP contribution in [-0.2, 0) is 15.1 Å². The smallest absolute Gasteiger partial charge is 0.221 e. The highest BCUT2D eigenvalue weighted by molar-refractivity contribution is 7.75. The van der Waals surface area contributed by atoms with Gasteiger partial charge in [-0.3, -0.25) is 4.79 Å². The molecule has 78 valence electrons. The van der Waals surface area contributed by atoms with Crippen LogP contribution in [0.5, 0.6) is 0 Å². The Hall–Kier alpha value is -0.640. The van der Waals surface area contributed by atoms with E-state index in [-0.39, 0.29) is 22.0 Å². The second kappa shape index (κ2) is 2.48. The fraction of sp³-hybridized carbons (Fsp3) is 0.800. The topological polar surface area (TPSA) is 51.2 Å². The van der Waals surface area contributed by atoms with Gasteiger partial charge in [-0.15, -0.1) is 0 Å². The molecule has 0 spiro atoms. The molecule has 0 heterocycles. The van der Waals surface area contributed by atoms with Crippen LogP contribution in [0.3, 0.4) is 0 Å². The highest BCUT2D eigenvalue weighted by Crippen LogP contribution is 2.62. The van der Waals surface area contributed by atoms with Gasteiger partial charge in [-0.2, -0.15) is 8.42 Å². The summed E-state index contributed by atoms with van der Waals surface area (Å²) in [6.45, 7) is 5.90. The summed E-state index contributed by atoms with van der Waals surface area (Å²) < 4.78 is 21.9. The Morgan fingerprint density at radius 2 is 1.86 bits per heavy atom. The van der Waals surface area contributed by atoms with E-state index in [1.807, 2.05) is 20.8 Å². The van der Waals surface area contributed by atoms with Crippen molar-refractivity contribution < 1.29 is 13.2 Å². The second-order valence-electron chi connectivity index (χ2n) is 5.07. The first-order valence-electron chi connectivity index (χ1n) is 4.83. The third kappa shape index (κ3) is 0.829. The molecule has 0 aliphatic heterocycles. The van der Waals surface area contributed by atoms with Crippen LogP contribution in [0.2, 0.25) is 0 Å². The van der Waals surface area contributed by atoms with Gasteiger partial charge in [-0.1, -0.05) is 20.8 Å². The molecule has 0 radical (unpaired) electrons. The number of ketones is 1. The van der Waals surface area contributed by atoms with Crippen molar-refractivity contribution >= 4 is 20.9 Å². The van der Waals surface area contributed by atoms with E-state index in [0.717, 1.165) is 12.8 Å². The predicted octanol–water partition coefficient (Wildman–Crippen LogP) is 1.06. The normalized spacial score (nSPS) is 39.2. The van der Waals surface area contributed by atoms with Crippen LogP contribution in [0.15, 0.2) is 0 Å². The number of Topliss-reactive ketones (excluding diaryl/α,β-unsaturated/α-hetero) is 1. The molecule has 2 fully saturated rings. The quantitative estimate of drug-likeness (QED) is 0.567. The molecular formula is C10H14O3S. The molecule has 2 saturated carbocycles. The van der Waals surface area contributed by atoms with E-state index in [2.05, 4.69) is 0 Å². The van der Waals surface area contributed by atoms with Gasteiger partial charge < -0.3 is 0 Å². The lowest BCUT2D eigenvalue weighted by molar-refractivity contribution is -0.123. The molecule has 4 heteroatoms. The van der Waals surface area contributed by atoms with Crippen molar-refractivity contribution in [2.24, 2.45) is 16.7 Å². The minimum atomic E-state index is -2.33. The van der Waals surface area contributed by atoms with Gasteiger partial charge in [0, 0.05) is 11.3 Å². The number of rotatable bonds is 0. The van der Waals surface area contributed by atoms with Gasteiger partial charge in [0.2, 0.25) is 10.3 Å². The summed E-state index contributed by atoms with van der Waals surface area (Å²) in [6, 6.07) is 0. The highest BCUT2D eigenvalue weighted by Gasteiger charge is 2.65. The Morgan fingerprint density at radius 3 is 2.14 bits per heavy atom. The summed E-state index contributed by atoms with van der Waals surface area (Å²) in [5.41, 5.74) is -0.646. The summed E-state index contributed by atoms with van der Waals surface area (Å²) in [7, 11) is -2.33. The summed E-state index contributed by atoms with van der Waals surface area (Å²) in [5, 5.41) is 0. The lowest BCUT2D eigenvalue weighted by Gasteiger charge is -2.31. The maximum absolute atomic E-state index is 11.9. The first kappa shape index (κ1) is 9.90. The molecule has 2 rings (SSSR count). The van der Waals surface area contributed by atoms with E-state index in [1.54, 1.807) is 0 Å². The van der Waals surface area contributed by atoms with Gasteiger partial charge >= 0.3 is 0 Å². The molecule has 2 aliphatic carbocycles. The Labute approximate surface area is 85.0 Å². The van der Waals surface area contributed by atoms with Crippen molar-refractivity contribution in [2.75, 3.05) is 0 Å². The summed E-state index contributed by atoms with van der Waals surface area (Å²) >= 11 is 0. The van der Waals surface area contributed by atoms with Crippen LogP contribution in [-0.4, -0.2) is 19.1 Å². The molecule has 0 saturated heterocycles. The minimum Gasteiger partial charge on any atom is -0.293 e. The average Bonchev–Trinajstić information content (AvgIpc) is 2.35. The van der Waals surface area contributed by atoms with Crippen LogP contribution in [0.4, 0.5) is 0 Å². The Balaban J connectivity index is 2.73. The second-order valence-corrected chi connectivity index (χ2v) is 5.98. The van der Waals surface area contributed by atoms with E-state index in [0.29, 0.717) is 0 Å². The maximum Gasteiger partial charge on any atom is 0.221 e. The number of hydrogen-bond donors (Lipinski definition) is 0. The van der Waals surface area contributed by atoms with Gasteiger partial charge in [-0.25, -0.2) is 0 Å². The van der Waals surface area contributed by atoms with Crippen molar-refractivity contribution in [3.8, 4) is 0 Å². The number of fused-ring (bicyclic) bond motifs is 2. The van der Waals surface area contributed by atoms with Crippen LogP contribution >= 0.6 is 0 Å². The lowest BCUT2D eigenvalue weighted by atomic mass is 9.70. The van der Waals surface area contributed by atoms with Gasteiger partial charge in [0.05, 0.1) is 0 Å². The SMILES string of the molecule is CC12CCC(C(=S(=O)=O)C1=O)C2(C)C. The van der Waals surface area contributed by atoms with Gasteiger partial charge in [0.15, 0.2) is 5.78 Å². The van der Waals surface area contributed by atoms with Crippen molar-refractivity contribution in [1.82, 2.24) is 0 Å². The van der Waals surface area contributed by atoms with Crippen molar-refractivity contribution in [1.29, 1.82) is 0 Å². The zero-order valence-corrected chi connectivity index (χ0v) is 9.44. The van der Waals surface area contributed by atoms with Gasteiger partial charge in [-0.05, 0) is 18.3 Å². The minimum absolute atomic E-state index is 0.0571. The molecule has 2 aliphatic rings. The van der Waals surface area contributed by atoms with E-state index >= 15 is 0 Å². The highest BCUT2D eigenvalue weighted by atomic mass is 32.2. The van der Waals surface area contributed by atoms with E-state index in [9.17, 15) is 13.2 Å². The summed E-state index contributed by atoms with van der Waals surface area (Å²) in [5.74, 6) is -0.203. The molecule has 0 aromatic rings. The molecule has 2 bridgehead atoms. The fourth-order valence-electron chi connectivity index (χ4n) is 2.99. The Kier molecular flexibility index (Phi) is 1.75. The third-order valence-electron chi connectivity index (χ3n) is 4.45. The van der Waals surface area contributed by atoms with E-state index < -0.39 is 15.7 Å². The first-order chi connectivity index (χ1) is 6.32. The predicted molar refractivity (Wildman–Crippen MR) is 53.5 cm³/mol. The molecular weight excluding hydrogens is 200 g/mol. The van der Waals surface area contributed by atoms with Crippen molar-refractivity contribution in [3.05, 3.63) is 0 Å². The third-order valence-corrected chi connectivity index (χ3v) is 5.28. The van der Waals surface area contributed by atoms with E-state index in [1.165, 1.54) is 0 Å². The fourth-order valence-corrected chi connectivity index (χ4v) is 4.01. The number of carbonyl (C=O) groups is 1. The molecule has 2 unspecified atom stereocenters. The zero-order valence-electron chi connectivity index (χ0n) is 8.62. The standard InChI is InChI=1S/C10H14O3S/c1-9(2)6-4-5-10(9,3)8(11)7(6)14(12)13/h6H,4-5H2,1-3H3. The molecule has 0 aromatic heterocycles. The van der Waals surface area contributed by atoms with Gasteiger partial charge in [0.1, 0.15) is 4.86 Å². The van der Waals surface area contributed by atoms with Crippen LogP contribution in [0, 0.1) is 16.7 Å². The van der Waals surface area contributed by atoms with E-state index in [4.69, 9.17) is 0 Å². The average molecular weight is 214 g/mol. The largest absolute Gasteiger partial charge is 0.293 e. The Bertz CT molecular complexity index is 436. The molecule has 0 amide bonds.